The number of benzene rings is 3. The first kappa shape index (κ1) is 22.2. The Morgan fingerprint density at radius 1 is 0.906 bits per heavy atom. The third kappa shape index (κ3) is 5.08. The van der Waals surface area contributed by atoms with Gasteiger partial charge in [-0.3, -0.25) is 0 Å². The molecule has 0 atom stereocenters. The molecule has 1 heterocycles. The lowest BCUT2D eigenvalue weighted by Gasteiger charge is -2.13. The number of nitrogens with zero attached hydrogens (tertiary/aromatic N) is 2. The zero-order valence-electron chi connectivity index (χ0n) is 18.9. The van der Waals surface area contributed by atoms with Gasteiger partial charge in [-0.05, 0) is 79.8 Å². The molecule has 0 N–H and O–H groups in total. The van der Waals surface area contributed by atoms with Crippen molar-refractivity contribution < 1.29 is 9.47 Å². The summed E-state index contributed by atoms with van der Waals surface area (Å²) in [4.78, 5) is 4.81. The number of fused-ring (bicyclic) bond motifs is 1. The lowest BCUT2D eigenvalue weighted by molar-refractivity contribution is 0.280. The van der Waals surface area contributed by atoms with Gasteiger partial charge >= 0.3 is 0 Å². The van der Waals surface area contributed by atoms with Crippen LogP contribution in [0.25, 0.3) is 11.0 Å². The molecule has 0 saturated heterocycles. The van der Waals surface area contributed by atoms with Crippen LogP contribution in [0.3, 0.4) is 0 Å². The molecule has 0 unspecified atom stereocenters. The molecule has 1 aromatic heterocycles. The van der Waals surface area contributed by atoms with E-state index in [1.165, 1.54) is 5.56 Å². The largest absolute Gasteiger partial charge is 0.494 e. The summed E-state index contributed by atoms with van der Waals surface area (Å²) >= 11 is 6.26. The van der Waals surface area contributed by atoms with Gasteiger partial charge in [-0.15, -0.1) is 0 Å². The van der Waals surface area contributed by atoms with Crippen LogP contribution in [0.5, 0.6) is 11.5 Å². The lowest BCUT2D eigenvalue weighted by atomic mass is 10.1. The Hall–Kier alpha value is -2.98. The molecule has 0 fully saturated rings. The third-order valence-electron chi connectivity index (χ3n) is 5.64. The van der Waals surface area contributed by atoms with E-state index in [2.05, 4.69) is 29.7 Å². The van der Waals surface area contributed by atoms with Gasteiger partial charge in [0.05, 0.1) is 17.6 Å². The number of aromatic nitrogens is 2. The number of imidazole rings is 1. The van der Waals surface area contributed by atoms with E-state index in [0.717, 1.165) is 63.9 Å². The summed E-state index contributed by atoms with van der Waals surface area (Å²) in [6.45, 7) is 8.00. The molecular formula is C27H29ClN2O2. The SMILES string of the molecule is CCc1ccc(OCc2nc3ccccc3n2CCCOc2cc(C)c(Cl)c(C)c2)cc1. The maximum Gasteiger partial charge on any atom is 0.147 e. The highest BCUT2D eigenvalue weighted by Crippen LogP contribution is 2.26. The molecule has 4 nitrogen and oxygen atoms in total. The Balaban J connectivity index is 1.43. The van der Waals surface area contributed by atoms with Crippen LogP contribution in [-0.4, -0.2) is 16.2 Å². The molecule has 0 amide bonds. The average Bonchev–Trinajstić information content (AvgIpc) is 3.16. The summed E-state index contributed by atoms with van der Waals surface area (Å²) in [7, 11) is 0. The van der Waals surface area contributed by atoms with E-state index in [9.17, 15) is 0 Å². The Morgan fingerprint density at radius 3 is 2.34 bits per heavy atom. The molecule has 0 aliphatic heterocycles. The first-order valence-electron chi connectivity index (χ1n) is 11.1. The standard InChI is InChI=1S/C27H29ClN2O2/c1-4-21-10-12-22(13-11-21)32-18-26-29-24-8-5-6-9-25(24)30(26)14-7-15-31-23-16-19(2)27(28)20(3)17-23/h5-6,8-13,16-17H,4,7,14-15,18H2,1-3H3. The van der Waals surface area contributed by atoms with E-state index in [1.807, 2.05) is 56.3 Å². The van der Waals surface area contributed by atoms with Crippen LogP contribution in [0, 0.1) is 13.8 Å². The van der Waals surface area contributed by atoms with Gasteiger partial charge < -0.3 is 14.0 Å². The monoisotopic (exact) mass is 448 g/mol. The molecule has 0 aliphatic carbocycles. The quantitative estimate of drug-likeness (QED) is 0.261. The van der Waals surface area contributed by atoms with E-state index in [0.29, 0.717) is 13.2 Å². The molecule has 0 saturated carbocycles. The molecular weight excluding hydrogens is 420 g/mol. The number of hydrogen-bond donors (Lipinski definition) is 0. The summed E-state index contributed by atoms with van der Waals surface area (Å²) in [6, 6.07) is 20.5. The third-order valence-corrected chi connectivity index (χ3v) is 6.23. The molecule has 0 aliphatic rings. The number of aryl methyl sites for hydroxylation is 4. The minimum Gasteiger partial charge on any atom is -0.494 e. The van der Waals surface area contributed by atoms with Gasteiger partial charge in [0.25, 0.3) is 0 Å². The number of hydrogen-bond acceptors (Lipinski definition) is 3. The molecule has 4 aromatic rings. The van der Waals surface area contributed by atoms with Crippen LogP contribution in [0.2, 0.25) is 5.02 Å². The second-order valence-electron chi connectivity index (χ2n) is 8.03. The fraction of sp³-hybridized carbons (Fsp3) is 0.296. The first-order chi connectivity index (χ1) is 15.5. The van der Waals surface area contributed by atoms with Crippen LogP contribution in [0.1, 0.15) is 35.9 Å². The Labute approximate surface area is 194 Å². The topological polar surface area (TPSA) is 36.3 Å². The van der Waals surface area contributed by atoms with Crippen LogP contribution < -0.4 is 9.47 Å². The molecule has 0 radical (unpaired) electrons. The Bertz CT molecular complexity index is 1180. The maximum atomic E-state index is 6.26. The van der Waals surface area contributed by atoms with E-state index in [4.69, 9.17) is 26.1 Å². The smallest absolute Gasteiger partial charge is 0.147 e. The Kier molecular flexibility index (Phi) is 7.01. The number of para-hydroxylation sites is 2. The van der Waals surface area contributed by atoms with E-state index < -0.39 is 0 Å². The van der Waals surface area contributed by atoms with Crippen molar-refractivity contribution in [2.24, 2.45) is 0 Å². The zero-order chi connectivity index (χ0) is 22.5. The summed E-state index contributed by atoms with van der Waals surface area (Å²) in [5.41, 5.74) is 5.47. The van der Waals surface area contributed by atoms with Gasteiger partial charge in [-0.2, -0.15) is 0 Å². The normalized spacial score (nSPS) is 11.1. The molecule has 32 heavy (non-hydrogen) atoms. The highest BCUT2D eigenvalue weighted by atomic mass is 35.5. The van der Waals surface area contributed by atoms with E-state index >= 15 is 0 Å². The van der Waals surface area contributed by atoms with Gasteiger partial charge in [-0.1, -0.05) is 42.8 Å². The summed E-state index contributed by atoms with van der Waals surface area (Å²) < 4.78 is 14.3. The zero-order valence-corrected chi connectivity index (χ0v) is 19.7. The van der Waals surface area contributed by atoms with Crippen LogP contribution in [0.15, 0.2) is 60.7 Å². The second kappa shape index (κ2) is 10.1. The van der Waals surface area contributed by atoms with Crippen molar-refractivity contribution in [2.45, 2.75) is 46.8 Å². The average molecular weight is 449 g/mol. The minimum atomic E-state index is 0.427. The second-order valence-corrected chi connectivity index (χ2v) is 8.41. The number of rotatable bonds is 9. The van der Waals surface area contributed by atoms with Crippen molar-refractivity contribution in [3.05, 3.63) is 88.2 Å². The van der Waals surface area contributed by atoms with Crippen LogP contribution in [0.4, 0.5) is 0 Å². The fourth-order valence-electron chi connectivity index (χ4n) is 3.86. The first-order valence-corrected chi connectivity index (χ1v) is 11.5. The predicted molar refractivity (Wildman–Crippen MR) is 131 cm³/mol. The molecule has 0 spiro atoms. The summed E-state index contributed by atoms with van der Waals surface area (Å²) in [5.74, 6) is 2.64. The van der Waals surface area contributed by atoms with Crippen molar-refractivity contribution in [3.63, 3.8) is 0 Å². The van der Waals surface area contributed by atoms with Gasteiger partial charge in [0.2, 0.25) is 0 Å². The molecule has 0 bridgehead atoms. The lowest BCUT2D eigenvalue weighted by Crippen LogP contribution is -2.10. The van der Waals surface area contributed by atoms with Crippen LogP contribution >= 0.6 is 11.6 Å². The van der Waals surface area contributed by atoms with Crippen molar-refractivity contribution in [1.82, 2.24) is 9.55 Å². The van der Waals surface area contributed by atoms with Gasteiger partial charge in [-0.25, -0.2) is 4.98 Å². The van der Waals surface area contributed by atoms with Crippen molar-refractivity contribution in [3.8, 4) is 11.5 Å². The summed E-state index contributed by atoms with van der Waals surface area (Å²) in [5, 5.41) is 0.802. The minimum absolute atomic E-state index is 0.427. The molecule has 166 valence electrons. The van der Waals surface area contributed by atoms with Crippen molar-refractivity contribution in [1.29, 1.82) is 0 Å². The summed E-state index contributed by atoms with van der Waals surface area (Å²) in [6.07, 6.45) is 1.88. The highest BCUT2D eigenvalue weighted by molar-refractivity contribution is 6.32. The fourth-order valence-corrected chi connectivity index (χ4v) is 3.97. The number of halogens is 1. The van der Waals surface area contributed by atoms with E-state index in [-0.39, 0.29) is 0 Å². The Morgan fingerprint density at radius 2 is 1.62 bits per heavy atom. The molecule has 5 heteroatoms. The molecule has 3 aromatic carbocycles. The van der Waals surface area contributed by atoms with Crippen molar-refractivity contribution in [2.75, 3.05) is 6.61 Å². The number of ether oxygens (including phenoxy) is 2. The molecule has 4 rings (SSSR count). The predicted octanol–water partition coefficient (Wildman–Crippen LogP) is 6.92. The van der Waals surface area contributed by atoms with Gasteiger partial charge in [0, 0.05) is 11.6 Å². The van der Waals surface area contributed by atoms with Gasteiger partial charge in [0.1, 0.15) is 23.9 Å². The maximum absolute atomic E-state index is 6.26. The van der Waals surface area contributed by atoms with E-state index in [1.54, 1.807) is 0 Å². The highest BCUT2D eigenvalue weighted by Gasteiger charge is 2.11. The van der Waals surface area contributed by atoms with Gasteiger partial charge in [0.15, 0.2) is 0 Å². The van der Waals surface area contributed by atoms with Crippen molar-refractivity contribution >= 4 is 22.6 Å². The van der Waals surface area contributed by atoms with Crippen LogP contribution in [-0.2, 0) is 19.6 Å².